The summed E-state index contributed by atoms with van der Waals surface area (Å²) in [7, 11) is 0. The van der Waals surface area contributed by atoms with E-state index in [0.29, 0.717) is 11.6 Å². The Kier molecular flexibility index (Phi) is 2.15. The molecule has 2 heterocycles. The van der Waals surface area contributed by atoms with Gasteiger partial charge in [-0.2, -0.15) is 5.10 Å². The van der Waals surface area contributed by atoms with Crippen LogP contribution in [0.1, 0.15) is 35.9 Å². The fourth-order valence-corrected chi connectivity index (χ4v) is 1.48. The number of aromatic amines is 1. The van der Waals surface area contributed by atoms with Crippen LogP contribution in [0.5, 0.6) is 0 Å². The van der Waals surface area contributed by atoms with E-state index in [2.05, 4.69) is 15.2 Å². The van der Waals surface area contributed by atoms with Crippen LogP contribution in [0.25, 0.3) is 11.0 Å². The van der Waals surface area contributed by atoms with Crippen LogP contribution < -0.4 is 0 Å². The summed E-state index contributed by atoms with van der Waals surface area (Å²) >= 11 is 0. The van der Waals surface area contributed by atoms with Crippen molar-refractivity contribution in [3.8, 4) is 0 Å². The van der Waals surface area contributed by atoms with Crippen LogP contribution >= 0.6 is 0 Å². The highest BCUT2D eigenvalue weighted by atomic mass is 16.4. The number of pyridine rings is 1. The lowest BCUT2D eigenvalue weighted by Gasteiger charge is -2.00. The molecule has 15 heavy (non-hydrogen) atoms. The molecule has 0 unspecified atom stereocenters. The lowest BCUT2D eigenvalue weighted by atomic mass is 10.1. The maximum atomic E-state index is 10.7. The number of hydrogen-bond acceptors (Lipinski definition) is 3. The monoisotopic (exact) mass is 205 g/mol. The molecule has 0 aliphatic rings. The largest absolute Gasteiger partial charge is 0.477 e. The molecule has 0 aliphatic heterocycles. The number of carbonyl (C=O) groups is 1. The topological polar surface area (TPSA) is 78.9 Å². The Morgan fingerprint density at radius 1 is 1.47 bits per heavy atom. The van der Waals surface area contributed by atoms with E-state index in [1.165, 1.54) is 6.07 Å². The predicted octanol–water partition coefficient (Wildman–Crippen LogP) is 1.78. The van der Waals surface area contributed by atoms with Crippen molar-refractivity contribution in [2.45, 2.75) is 19.8 Å². The number of nitrogens with one attached hydrogen (secondary N) is 1. The molecule has 2 rings (SSSR count). The van der Waals surface area contributed by atoms with Gasteiger partial charge >= 0.3 is 5.97 Å². The number of hydrogen-bond donors (Lipinski definition) is 2. The van der Waals surface area contributed by atoms with Gasteiger partial charge in [0.15, 0.2) is 11.3 Å². The first-order chi connectivity index (χ1) is 7.09. The van der Waals surface area contributed by atoms with Crippen LogP contribution in [0.15, 0.2) is 12.1 Å². The fraction of sp³-hybridized carbons (Fsp3) is 0.300. The van der Waals surface area contributed by atoms with Crippen molar-refractivity contribution in [3.63, 3.8) is 0 Å². The van der Waals surface area contributed by atoms with E-state index in [4.69, 9.17) is 5.11 Å². The van der Waals surface area contributed by atoms with Crippen LogP contribution in [0.2, 0.25) is 0 Å². The number of aromatic nitrogens is 3. The van der Waals surface area contributed by atoms with Gasteiger partial charge in [0.1, 0.15) is 0 Å². The smallest absolute Gasteiger partial charge is 0.354 e. The van der Waals surface area contributed by atoms with Crippen LogP contribution in [0, 0.1) is 0 Å². The zero-order valence-corrected chi connectivity index (χ0v) is 8.48. The SMILES string of the molecule is CC(C)c1[nH]nc2nc(C(=O)O)ccc12. The van der Waals surface area contributed by atoms with E-state index >= 15 is 0 Å². The number of rotatable bonds is 2. The Bertz CT molecular complexity index is 516. The number of H-pyrrole nitrogens is 1. The maximum absolute atomic E-state index is 10.7. The van der Waals surface area contributed by atoms with Crippen molar-refractivity contribution in [3.05, 3.63) is 23.5 Å². The Labute approximate surface area is 86.1 Å². The lowest BCUT2D eigenvalue weighted by Crippen LogP contribution is -1.99. The predicted molar refractivity (Wildman–Crippen MR) is 54.9 cm³/mol. The van der Waals surface area contributed by atoms with Crippen LogP contribution in [0.4, 0.5) is 0 Å². The van der Waals surface area contributed by atoms with Gasteiger partial charge in [0, 0.05) is 11.1 Å². The third-order valence-electron chi connectivity index (χ3n) is 2.24. The number of aromatic carboxylic acids is 1. The summed E-state index contributed by atoms with van der Waals surface area (Å²) in [5, 5.41) is 16.5. The van der Waals surface area contributed by atoms with Gasteiger partial charge in [0.2, 0.25) is 0 Å². The normalized spacial score (nSPS) is 11.1. The molecule has 0 bridgehead atoms. The molecule has 0 spiro atoms. The Balaban J connectivity index is 2.61. The minimum atomic E-state index is -1.04. The molecule has 5 heteroatoms. The van der Waals surface area contributed by atoms with E-state index < -0.39 is 5.97 Å². The van der Waals surface area contributed by atoms with Crippen molar-refractivity contribution in [1.29, 1.82) is 0 Å². The highest BCUT2D eigenvalue weighted by Gasteiger charge is 2.12. The van der Waals surface area contributed by atoms with Crippen LogP contribution in [0.3, 0.4) is 0 Å². The molecule has 0 atom stereocenters. The molecular formula is C10H11N3O2. The van der Waals surface area contributed by atoms with Gasteiger partial charge in [-0.15, -0.1) is 0 Å². The average Bonchev–Trinajstić information content (AvgIpc) is 2.59. The second kappa shape index (κ2) is 3.34. The van der Waals surface area contributed by atoms with Crippen molar-refractivity contribution >= 4 is 17.0 Å². The highest BCUT2D eigenvalue weighted by molar-refractivity contribution is 5.89. The van der Waals surface area contributed by atoms with Gasteiger partial charge in [-0.05, 0) is 18.1 Å². The number of fused-ring (bicyclic) bond motifs is 1. The third-order valence-corrected chi connectivity index (χ3v) is 2.24. The first-order valence-electron chi connectivity index (χ1n) is 4.68. The van der Waals surface area contributed by atoms with Crippen LogP contribution in [-0.2, 0) is 0 Å². The van der Waals surface area contributed by atoms with Gasteiger partial charge in [-0.1, -0.05) is 13.8 Å². The van der Waals surface area contributed by atoms with Gasteiger partial charge in [0.25, 0.3) is 0 Å². The number of carboxylic acids is 1. The zero-order chi connectivity index (χ0) is 11.0. The number of nitrogens with zero attached hydrogens (tertiary/aromatic N) is 2. The number of carboxylic acid groups (broad SMARTS) is 1. The van der Waals surface area contributed by atoms with E-state index in [1.807, 2.05) is 13.8 Å². The molecule has 0 amide bonds. The second-order valence-electron chi connectivity index (χ2n) is 3.66. The molecule has 0 aliphatic carbocycles. The molecule has 0 radical (unpaired) electrons. The van der Waals surface area contributed by atoms with Gasteiger partial charge in [-0.25, -0.2) is 9.78 Å². The lowest BCUT2D eigenvalue weighted by molar-refractivity contribution is 0.0691. The maximum Gasteiger partial charge on any atom is 0.354 e. The van der Waals surface area contributed by atoms with Gasteiger partial charge < -0.3 is 5.11 Å². The zero-order valence-electron chi connectivity index (χ0n) is 8.48. The van der Waals surface area contributed by atoms with Crippen molar-refractivity contribution in [2.24, 2.45) is 0 Å². The summed E-state index contributed by atoms with van der Waals surface area (Å²) in [6, 6.07) is 3.23. The highest BCUT2D eigenvalue weighted by Crippen LogP contribution is 2.21. The molecule has 2 aromatic heterocycles. The Morgan fingerprint density at radius 3 is 2.80 bits per heavy atom. The average molecular weight is 205 g/mol. The minimum absolute atomic E-state index is 0.0179. The van der Waals surface area contributed by atoms with E-state index in [9.17, 15) is 4.79 Å². The molecule has 0 aromatic carbocycles. The van der Waals surface area contributed by atoms with E-state index in [-0.39, 0.29) is 5.69 Å². The fourth-order valence-electron chi connectivity index (χ4n) is 1.48. The molecule has 5 nitrogen and oxygen atoms in total. The quantitative estimate of drug-likeness (QED) is 0.783. The molecule has 0 saturated carbocycles. The van der Waals surface area contributed by atoms with E-state index in [0.717, 1.165) is 11.1 Å². The molecular weight excluding hydrogens is 194 g/mol. The molecule has 0 fully saturated rings. The first kappa shape index (κ1) is 9.64. The summed E-state index contributed by atoms with van der Waals surface area (Å²) in [5.74, 6) is -0.724. The van der Waals surface area contributed by atoms with Crippen LogP contribution in [-0.4, -0.2) is 26.3 Å². The summed E-state index contributed by atoms with van der Waals surface area (Å²) in [4.78, 5) is 14.6. The summed E-state index contributed by atoms with van der Waals surface area (Å²) < 4.78 is 0. The van der Waals surface area contributed by atoms with Crippen molar-refractivity contribution < 1.29 is 9.90 Å². The second-order valence-corrected chi connectivity index (χ2v) is 3.66. The Morgan fingerprint density at radius 2 is 2.20 bits per heavy atom. The summed E-state index contributed by atoms with van der Waals surface area (Å²) in [6.45, 7) is 4.08. The van der Waals surface area contributed by atoms with Crippen molar-refractivity contribution in [1.82, 2.24) is 15.2 Å². The molecule has 2 N–H and O–H groups in total. The minimum Gasteiger partial charge on any atom is -0.477 e. The third kappa shape index (κ3) is 1.56. The Hall–Kier alpha value is -1.91. The van der Waals surface area contributed by atoms with Gasteiger partial charge in [-0.3, -0.25) is 5.10 Å². The summed E-state index contributed by atoms with van der Waals surface area (Å²) in [5.41, 5.74) is 1.46. The molecule has 78 valence electrons. The van der Waals surface area contributed by atoms with E-state index in [1.54, 1.807) is 6.07 Å². The van der Waals surface area contributed by atoms with Crippen molar-refractivity contribution in [2.75, 3.05) is 0 Å². The van der Waals surface area contributed by atoms with Gasteiger partial charge in [0.05, 0.1) is 0 Å². The summed E-state index contributed by atoms with van der Waals surface area (Å²) in [6.07, 6.45) is 0. The molecule has 2 aromatic rings. The standard InChI is InChI=1S/C10H11N3O2/c1-5(2)8-6-3-4-7(10(14)15)11-9(6)13-12-8/h3-5H,1-2H3,(H,14,15)(H,11,12,13). The first-order valence-corrected chi connectivity index (χ1v) is 4.68. The molecule has 0 saturated heterocycles.